The minimum atomic E-state index is -0.180. The fourth-order valence-electron chi connectivity index (χ4n) is 0.897. The third kappa shape index (κ3) is 2.22. The Morgan fingerprint density at radius 3 is 2.36 bits per heavy atom. The highest BCUT2D eigenvalue weighted by Gasteiger charge is 2.01. The lowest BCUT2D eigenvalue weighted by atomic mass is 10.0. The van der Waals surface area contributed by atoms with E-state index in [4.69, 9.17) is 0 Å². The molecule has 0 bridgehead atoms. The number of halogens is 1. The van der Waals surface area contributed by atoms with Gasteiger partial charge in [0.15, 0.2) is 0 Å². The van der Waals surface area contributed by atoms with Gasteiger partial charge in [0.05, 0.1) is 0 Å². The Kier molecular flexibility index (Phi) is 2.94. The van der Waals surface area contributed by atoms with Crippen molar-refractivity contribution < 1.29 is 4.39 Å². The topological polar surface area (TPSA) is 0 Å². The van der Waals surface area contributed by atoms with E-state index in [0.29, 0.717) is 5.92 Å². The van der Waals surface area contributed by atoms with E-state index >= 15 is 0 Å². The van der Waals surface area contributed by atoms with Gasteiger partial charge in [-0.05, 0) is 29.4 Å². The molecule has 2 heteroatoms. The van der Waals surface area contributed by atoms with Gasteiger partial charge in [0.25, 0.3) is 0 Å². The molecule has 0 fully saturated rings. The standard InChI is InChI=1S/C9H11FS/c1-7(6-11)8-2-4-9(10)5-3-8/h2-5,7,11H,6H2,1H3. The lowest BCUT2D eigenvalue weighted by molar-refractivity contribution is 0.626. The van der Waals surface area contributed by atoms with Crippen LogP contribution in [0, 0.1) is 5.82 Å². The van der Waals surface area contributed by atoms with Crippen molar-refractivity contribution in [2.45, 2.75) is 12.8 Å². The third-order valence-electron chi connectivity index (χ3n) is 1.71. The van der Waals surface area contributed by atoms with E-state index in [0.717, 1.165) is 11.3 Å². The van der Waals surface area contributed by atoms with Gasteiger partial charge in [-0.1, -0.05) is 19.1 Å². The number of benzene rings is 1. The van der Waals surface area contributed by atoms with Gasteiger partial charge in [-0.3, -0.25) is 0 Å². The van der Waals surface area contributed by atoms with E-state index < -0.39 is 0 Å². The zero-order chi connectivity index (χ0) is 8.27. The molecule has 1 unspecified atom stereocenters. The number of rotatable bonds is 2. The van der Waals surface area contributed by atoms with Crippen molar-refractivity contribution in [3.8, 4) is 0 Å². The summed E-state index contributed by atoms with van der Waals surface area (Å²) in [6.45, 7) is 2.07. The van der Waals surface area contributed by atoms with Crippen LogP contribution < -0.4 is 0 Å². The highest BCUT2D eigenvalue weighted by molar-refractivity contribution is 7.80. The molecule has 11 heavy (non-hydrogen) atoms. The van der Waals surface area contributed by atoms with E-state index in [9.17, 15) is 4.39 Å². The average molecular weight is 170 g/mol. The molecule has 0 N–H and O–H groups in total. The van der Waals surface area contributed by atoms with Gasteiger partial charge < -0.3 is 0 Å². The summed E-state index contributed by atoms with van der Waals surface area (Å²) in [4.78, 5) is 0. The zero-order valence-electron chi connectivity index (χ0n) is 6.42. The first-order valence-corrected chi connectivity index (χ1v) is 4.23. The highest BCUT2D eigenvalue weighted by atomic mass is 32.1. The third-order valence-corrected chi connectivity index (χ3v) is 2.26. The highest BCUT2D eigenvalue weighted by Crippen LogP contribution is 2.16. The second-order valence-electron chi connectivity index (χ2n) is 2.64. The van der Waals surface area contributed by atoms with Gasteiger partial charge in [-0.25, -0.2) is 4.39 Å². The summed E-state index contributed by atoms with van der Waals surface area (Å²) in [6.07, 6.45) is 0. The summed E-state index contributed by atoms with van der Waals surface area (Å²) in [5, 5.41) is 0. The number of hydrogen-bond donors (Lipinski definition) is 1. The fourth-order valence-corrected chi connectivity index (χ4v) is 1.11. The number of hydrogen-bond acceptors (Lipinski definition) is 1. The molecule has 1 atom stereocenters. The minimum absolute atomic E-state index is 0.180. The summed E-state index contributed by atoms with van der Waals surface area (Å²) in [5.41, 5.74) is 1.14. The molecule has 0 aliphatic rings. The minimum Gasteiger partial charge on any atom is -0.207 e. The first-order chi connectivity index (χ1) is 5.24. The van der Waals surface area contributed by atoms with Crippen molar-refractivity contribution in [3.05, 3.63) is 35.6 Å². The Morgan fingerprint density at radius 2 is 1.91 bits per heavy atom. The normalized spacial score (nSPS) is 13.0. The van der Waals surface area contributed by atoms with Crippen LogP contribution in [0.4, 0.5) is 4.39 Å². The maximum atomic E-state index is 12.4. The zero-order valence-corrected chi connectivity index (χ0v) is 7.31. The van der Waals surface area contributed by atoms with Gasteiger partial charge in [0, 0.05) is 0 Å². The molecule has 0 amide bonds. The smallest absolute Gasteiger partial charge is 0.123 e. The summed E-state index contributed by atoms with van der Waals surface area (Å²) in [6, 6.07) is 6.57. The van der Waals surface area contributed by atoms with Crippen LogP contribution in [0.15, 0.2) is 24.3 Å². The van der Waals surface area contributed by atoms with Crippen LogP contribution in [0.25, 0.3) is 0 Å². The molecule has 0 aliphatic heterocycles. The molecule has 0 spiro atoms. The summed E-state index contributed by atoms with van der Waals surface area (Å²) < 4.78 is 12.4. The molecule has 60 valence electrons. The van der Waals surface area contributed by atoms with Crippen molar-refractivity contribution in [2.24, 2.45) is 0 Å². The largest absolute Gasteiger partial charge is 0.207 e. The van der Waals surface area contributed by atoms with Crippen molar-refractivity contribution in [1.29, 1.82) is 0 Å². The molecule has 0 aromatic heterocycles. The van der Waals surface area contributed by atoms with Crippen LogP contribution in [-0.2, 0) is 0 Å². The Bertz CT molecular complexity index is 218. The monoisotopic (exact) mass is 170 g/mol. The molecule has 0 saturated heterocycles. The predicted octanol–water partition coefficient (Wildman–Crippen LogP) is 2.86. The van der Waals surface area contributed by atoms with Crippen LogP contribution in [0.5, 0.6) is 0 Å². The Morgan fingerprint density at radius 1 is 1.36 bits per heavy atom. The van der Waals surface area contributed by atoms with Crippen molar-refractivity contribution in [1.82, 2.24) is 0 Å². The van der Waals surface area contributed by atoms with Crippen LogP contribution in [0.1, 0.15) is 18.4 Å². The second-order valence-corrected chi connectivity index (χ2v) is 3.00. The number of thiol groups is 1. The summed E-state index contributed by atoms with van der Waals surface area (Å²) in [5.74, 6) is 1.02. The SMILES string of the molecule is CC(CS)c1ccc(F)cc1. The second kappa shape index (κ2) is 3.77. The first-order valence-electron chi connectivity index (χ1n) is 3.60. The van der Waals surface area contributed by atoms with E-state index in [1.165, 1.54) is 12.1 Å². The molecule has 1 rings (SSSR count). The lowest BCUT2D eigenvalue weighted by Gasteiger charge is -2.06. The van der Waals surface area contributed by atoms with Crippen molar-refractivity contribution >= 4 is 12.6 Å². The predicted molar refractivity (Wildman–Crippen MR) is 48.7 cm³/mol. The Balaban J connectivity index is 2.81. The quantitative estimate of drug-likeness (QED) is 0.648. The molecule has 0 saturated carbocycles. The fraction of sp³-hybridized carbons (Fsp3) is 0.333. The lowest BCUT2D eigenvalue weighted by Crippen LogP contribution is -1.93. The Hall–Kier alpha value is -0.500. The van der Waals surface area contributed by atoms with Gasteiger partial charge in [0.2, 0.25) is 0 Å². The van der Waals surface area contributed by atoms with Gasteiger partial charge >= 0.3 is 0 Å². The van der Waals surface area contributed by atoms with Gasteiger partial charge in [0.1, 0.15) is 5.82 Å². The average Bonchev–Trinajstić information content (AvgIpc) is 2.05. The van der Waals surface area contributed by atoms with Crippen LogP contribution in [0.3, 0.4) is 0 Å². The Labute approximate surface area is 71.8 Å². The molecule has 0 heterocycles. The van der Waals surface area contributed by atoms with E-state index in [-0.39, 0.29) is 5.82 Å². The van der Waals surface area contributed by atoms with E-state index in [1.54, 1.807) is 12.1 Å². The molecular weight excluding hydrogens is 159 g/mol. The molecule has 0 aliphatic carbocycles. The molecule has 0 nitrogen and oxygen atoms in total. The first kappa shape index (κ1) is 8.60. The van der Waals surface area contributed by atoms with Crippen LogP contribution in [0.2, 0.25) is 0 Å². The molecule has 0 radical (unpaired) electrons. The van der Waals surface area contributed by atoms with E-state index in [1.807, 2.05) is 0 Å². The summed E-state index contributed by atoms with van der Waals surface area (Å²) >= 11 is 4.16. The molecule has 1 aromatic rings. The molecule has 1 aromatic carbocycles. The van der Waals surface area contributed by atoms with Crippen LogP contribution >= 0.6 is 12.6 Å². The maximum absolute atomic E-state index is 12.4. The van der Waals surface area contributed by atoms with Gasteiger partial charge in [-0.2, -0.15) is 12.6 Å². The van der Waals surface area contributed by atoms with Crippen LogP contribution in [-0.4, -0.2) is 5.75 Å². The van der Waals surface area contributed by atoms with E-state index in [2.05, 4.69) is 19.6 Å². The van der Waals surface area contributed by atoms with Crippen molar-refractivity contribution in [2.75, 3.05) is 5.75 Å². The van der Waals surface area contributed by atoms with Crippen molar-refractivity contribution in [3.63, 3.8) is 0 Å². The van der Waals surface area contributed by atoms with Gasteiger partial charge in [-0.15, -0.1) is 0 Å². The summed E-state index contributed by atoms with van der Waals surface area (Å²) in [7, 11) is 0. The maximum Gasteiger partial charge on any atom is 0.123 e. The molecular formula is C9H11FS.